The van der Waals surface area contributed by atoms with Crippen molar-refractivity contribution in [2.24, 2.45) is 0 Å². The van der Waals surface area contributed by atoms with Gasteiger partial charge in [-0.2, -0.15) is 0 Å². The van der Waals surface area contributed by atoms with Crippen LogP contribution in [0.25, 0.3) is 0 Å². The molecule has 1 aliphatic rings. The summed E-state index contributed by atoms with van der Waals surface area (Å²) in [5.41, 5.74) is 5.50. The molecule has 0 radical (unpaired) electrons. The molecule has 1 saturated heterocycles. The van der Waals surface area contributed by atoms with E-state index in [0.717, 1.165) is 19.4 Å². The minimum atomic E-state index is 0.268. The minimum absolute atomic E-state index is 0.268. The van der Waals surface area contributed by atoms with E-state index in [1.807, 2.05) is 6.20 Å². The second-order valence-corrected chi connectivity index (χ2v) is 3.70. The van der Waals surface area contributed by atoms with Crippen LogP contribution >= 0.6 is 11.3 Å². The Morgan fingerprint density at radius 3 is 3.18 bits per heavy atom. The van der Waals surface area contributed by atoms with Crippen LogP contribution in [0.2, 0.25) is 0 Å². The number of nitrogen functional groups attached to an aromatic ring is 1. The molecule has 0 aromatic carbocycles. The molecule has 1 aliphatic heterocycles. The van der Waals surface area contributed by atoms with Gasteiger partial charge in [-0.3, -0.25) is 0 Å². The Hall–Kier alpha value is -0.610. The first-order valence-corrected chi connectivity index (χ1v) is 4.51. The molecular formula is C7H10N2OS. The van der Waals surface area contributed by atoms with E-state index in [0.29, 0.717) is 5.13 Å². The predicted molar refractivity (Wildman–Crippen MR) is 44.5 cm³/mol. The summed E-state index contributed by atoms with van der Waals surface area (Å²) < 4.78 is 5.47. The maximum atomic E-state index is 5.50. The third kappa shape index (κ3) is 1.36. The zero-order chi connectivity index (χ0) is 7.68. The summed E-state index contributed by atoms with van der Waals surface area (Å²) in [7, 11) is 0. The highest BCUT2D eigenvalue weighted by molar-refractivity contribution is 7.15. The van der Waals surface area contributed by atoms with Gasteiger partial charge in [0.15, 0.2) is 5.13 Å². The SMILES string of the molecule is Nc1ncc(C2CCCO2)s1. The number of hydrogen-bond donors (Lipinski definition) is 1. The van der Waals surface area contributed by atoms with Crippen LogP contribution in [-0.4, -0.2) is 11.6 Å². The Kier molecular flexibility index (Phi) is 1.79. The molecule has 0 saturated carbocycles. The molecule has 60 valence electrons. The van der Waals surface area contributed by atoms with E-state index in [-0.39, 0.29) is 6.10 Å². The van der Waals surface area contributed by atoms with Gasteiger partial charge in [0, 0.05) is 12.8 Å². The van der Waals surface area contributed by atoms with E-state index >= 15 is 0 Å². The van der Waals surface area contributed by atoms with Crippen LogP contribution < -0.4 is 5.73 Å². The molecule has 1 aromatic rings. The Morgan fingerprint density at radius 1 is 1.73 bits per heavy atom. The molecule has 0 amide bonds. The van der Waals surface area contributed by atoms with Gasteiger partial charge >= 0.3 is 0 Å². The van der Waals surface area contributed by atoms with Crippen molar-refractivity contribution in [3.05, 3.63) is 11.1 Å². The summed E-state index contributed by atoms with van der Waals surface area (Å²) >= 11 is 1.53. The average Bonchev–Trinajstić information content (AvgIpc) is 2.55. The van der Waals surface area contributed by atoms with Gasteiger partial charge in [0.25, 0.3) is 0 Å². The van der Waals surface area contributed by atoms with Crippen molar-refractivity contribution in [2.75, 3.05) is 12.3 Å². The number of ether oxygens (including phenoxy) is 1. The lowest BCUT2D eigenvalue weighted by Crippen LogP contribution is -1.90. The summed E-state index contributed by atoms with van der Waals surface area (Å²) in [5.74, 6) is 0. The molecule has 0 bridgehead atoms. The van der Waals surface area contributed by atoms with E-state index in [1.165, 1.54) is 16.2 Å². The van der Waals surface area contributed by atoms with Gasteiger partial charge in [-0.05, 0) is 12.8 Å². The molecule has 1 unspecified atom stereocenters. The number of hydrogen-bond acceptors (Lipinski definition) is 4. The standard InChI is InChI=1S/C7H10N2OS/c8-7-9-4-6(11-7)5-2-1-3-10-5/h4-5H,1-3H2,(H2,8,9). The van der Waals surface area contributed by atoms with Crippen LogP contribution in [0.15, 0.2) is 6.20 Å². The molecule has 0 spiro atoms. The zero-order valence-corrected chi connectivity index (χ0v) is 6.93. The number of aromatic nitrogens is 1. The quantitative estimate of drug-likeness (QED) is 0.696. The van der Waals surface area contributed by atoms with E-state index in [4.69, 9.17) is 10.5 Å². The highest BCUT2D eigenvalue weighted by Crippen LogP contribution is 2.32. The first-order valence-electron chi connectivity index (χ1n) is 3.69. The molecule has 2 rings (SSSR count). The van der Waals surface area contributed by atoms with Crippen molar-refractivity contribution in [1.82, 2.24) is 4.98 Å². The van der Waals surface area contributed by atoms with Crippen LogP contribution in [0, 0.1) is 0 Å². The third-order valence-corrected chi connectivity index (χ3v) is 2.71. The fraction of sp³-hybridized carbons (Fsp3) is 0.571. The van der Waals surface area contributed by atoms with Gasteiger partial charge in [0.05, 0.1) is 11.0 Å². The maximum absolute atomic E-state index is 5.50. The second kappa shape index (κ2) is 2.79. The zero-order valence-electron chi connectivity index (χ0n) is 6.12. The van der Waals surface area contributed by atoms with Crippen LogP contribution in [0.3, 0.4) is 0 Å². The van der Waals surface area contributed by atoms with Crippen molar-refractivity contribution in [3.63, 3.8) is 0 Å². The number of nitrogens with zero attached hydrogens (tertiary/aromatic N) is 1. The number of anilines is 1. The molecule has 2 heterocycles. The average molecular weight is 170 g/mol. The van der Waals surface area contributed by atoms with Crippen LogP contribution in [0.4, 0.5) is 5.13 Å². The van der Waals surface area contributed by atoms with E-state index in [9.17, 15) is 0 Å². The van der Waals surface area contributed by atoms with Crippen molar-refractivity contribution < 1.29 is 4.74 Å². The van der Waals surface area contributed by atoms with Gasteiger partial charge in [-0.15, -0.1) is 0 Å². The Labute approximate surface area is 69.2 Å². The molecule has 1 atom stereocenters. The highest BCUT2D eigenvalue weighted by Gasteiger charge is 2.19. The molecule has 1 fully saturated rings. The normalized spacial score (nSPS) is 24.2. The van der Waals surface area contributed by atoms with E-state index in [2.05, 4.69) is 4.98 Å². The molecule has 0 aliphatic carbocycles. The Balaban J connectivity index is 2.15. The lowest BCUT2D eigenvalue weighted by atomic mass is 10.2. The summed E-state index contributed by atoms with van der Waals surface area (Å²) in [6.07, 6.45) is 4.35. The topological polar surface area (TPSA) is 48.1 Å². The van der Waals surface area contributed by atoms with Gasteiger partial charge in [0.1, 0.15) is 0 Å². The number of nitrogens with two attached hydrogens (primary N) is 1. The molecule has 2 N–H and O–H groups in total. The molecular weight excluding hydrogens is 160 g/mol. The van der Waals surface area contributed by atoms with Gasteiger partial charge in [-0.25, -0.2) is 4.98 Å². The summed E-state index contributed by atoms with van der Waals surface area (Å²) in [5, 5.41) is 0.635. The highest BCUT2D eigenvalue weighted by atomic mass is 32.1. The predicted octanol–water partition coefficient (Wildman–Crippen LogP) is 1.58. The van der Waals surface area contributed by atoms with Crippen LogP contribution in [0.1, 0.15) is 23.8 Å². The maximum Gasteiger partial charge on any atom is 0.180 e. The van der Waals surface area contributed by atoms with Crippen LogP contribution in [0.5, 0.6) is 0 Å². The largest absolute Gasteiger partial charge is 0.375 e. The smallest absolute Gasteiger partial charge is 0.180 e. The van der Waals surface area contributed by atoms with Gasteiger partial charge in [0.2, 0.25) is 0 Å². The van der Waals surface area contributed by atoms with Crippen molar-refractivity contribution in [1.29, 1.82) is 0 Å². The minimum Gasteiger partial charge on any atom is -0.375 e. The van der Waals surface area contributed by atoms with Gasteiger partial charge in [-0.1, -0.05) is 11.3 Å². The van der Waals surface area contributed by atoms with Crippen LogP contribution in [-0.2, 0) is 4.74 Å². The molecule has 4 heteroatoms. The third-order valence-electron chi connectivity index (χ3n) is 1.79. The van der Waals surface area contributed by atoms with Crippen molar-refractivity contribution in [3.8, 4) is 0 Å². The second-order valence-electron chi connectivity index (χ2n) is 2.60. The van der Waals surface area contributed by atoms with E-state index in [1.54, 1.807) is 0 Å². The van der Waals surface area contributed by atoms with Gasteiger partial charge < -0.3 is 10.5 Å². The summed E-state index contributed by atoms with van der Waals surface area (Å²) in [6.45, 7) is 0.877. The fourth-order valence-corrected chi connectivity index (χ4v) is 2.02. The Bertz CT molecular complexity index is 242. The lowest BCUT2D eigenvalue weighted by molar-refractivity contribution is 0.114. The van der Waals surface area contributed by atoms with Crippen molar-refractivity contribution >= 4 is 16.5 Å². The number of rotatable bonds is 1. The fourth-order valence-electron chi connectivity index (χ4n) is 1.25. The number of thiazole rings is 1. The Morgan fingerprint density at radius 2 is 2.64 bits per heavy atom. The molecule has 3 nitrogen and oxygen atoms in total. The molecule has 11 heavy (non-hydrogen) atoms. The lowest BCUT2D eigenvalue weighted by Gasteiger charge is -2.03. The van der Waals surface area contributed by atoms with E-state index < -0.39 is 0 Å². The van der Waals surface area contributed by atoms with Crippen molar-refractivity contribution in [2.45, 2.75) is 18.9 Å². The summed E-state index contributed by atoms with van der Waals surface area (Å²) in [4.78, 5) is 5.14. The summed E-state index contributed by atoms with van der Waals surface area (Å²) in [6, 6.07) is 0. The monoisotopic (exact) mass is 170 g/mol. The first-order chi connectivity index (χ1) is 5.36. The molecule has 1 aromatic heterocycles. The first kappa shape index (κ1) is 7.06.